The monoisotopic (exact) mass is 451 g/mol. The van der Waals surface area contributed by atoms with Crippen molar-refractivity contribution in [2.45, 2.75) is 39.7 Å². The van der Waals surface area contributed by atoms with Crippen molar-refractivity contribution in [3.05, 3.63) is 57.6 Å². The molecule has 2 rings (SSSR count). The summed E-state index contributed by atoms with van der Waals surface area (Å²) in [6, 6.07) is 10.3. The predicted molar refractivity (Wildman–Crippen MR) is 117 cm³/mol. The number of halogens is 2. The maximum Gasteiger partial charge on any atom is 0.279 e. The Labute approximate surface area is 185 Å². The van der Waals surface area contributed by atoms with Gasteiger partial charge in [0.05, 0.1) is 5.02 Å². The number of anilines is 1. The second kappa shape index (κ2) is 10.8. The minimum Gasteiger partial charge on any atom is -0.479 e. The SMILES string of the molecule is Cc1ccc(NC(=O)CCC(=O)NNC(=O)[C@H](C)Oc2ccc(Cl)cc2Cl)c(C)c1. The topological polar surface area (TPSA) is 96.5 Å². The van der Waals surface area contributed by atoms with Gasteiger partial charge in [-0.1, -0.05) is 40.9 Å². The van der Waals surface area contributed by atoms with Gasteiger partial charge in [-0.2, -0.15) is 0 Å². The Morgan fingerprint density at radius 3 is 2.33 bits per heavy atom. The molecule has 0 aliphatic carbocycles. The zero-order chi connectivity index (χ0) is 22.3. The van der Waals surface area contributed by atoms with Crippen molar-refractivity contribution < 1.29 is 19.1 Å². The first-order valence-corrected chi connectivity index (χ1v) is 9.99. The van der Waals surface area contributed by atoms with Crippen LogP contribution in [0.25, 0.3) is 0 Å². The van der Waals surface area contributed by atoms with E-state index in [-0.39, 0.29) is 29.5 Å². The third-order valence-electron chi connectivity index (χ3n) is 4.13. The second-order valence-electron chi connectivity index (χ2n) is 6.74. The Morgan fingerprint density at radius 1 is 0.967 bits per heavy atom. The number of hydrazine groups is 1. The van der Waals surface area contributed by atoms with Crippen LogP contribution in [0.2, 0.25) is 10.0 Å². The first-order chi connectivity index (χ1) is 14.2. The largest absolute Gasteiger partial charge is 0.479 e. The predicted octanol–water partition coefficient (Wildman–Crippen LogP) is 3.94. The third kappa shape index (κ3) is 7.24. The van der Waals surface area contributed by atoms with Gasteiger partial charge in [-0.25, -0.2) is 0 Å². The molecule has 160 valence electrons. The number of hydrogen-bond acceptors (Lipinski definition) is 4. The first-order valence-electron chi connectivity index (χ1n) is 9.23. The molecule has 30 heavy (non-hydrogen) atoms. The van der Waals surface area contributed by atoms with Crippen LogP contribution in [0.1, 0.15) is 30.9 Å². The molecule has 0 aliphatic heterocycles. The fourth-order valence-electron chi connectivity index (χ4n) is 2.50. The highest BCUT2D eigenvalue weighted by Gasteiger charge is 2.17. The molecule has 0 aromatic heterocycles. The van der Waals surface area contributed by atoms with Crippen LogP contribution in [-0.4, -0.2) is 23.8 Å². The van der Waals surface area contributed by atoms with Crippen molar-refractivity contribution >= 4 is 46.6 Å². The molecule has 0 aliphatic rings. The fraction of sp³-hybridized carbons (Fsp3) is 0.286. The molecule has 0 bridgehead atoms. The van der Waals surface area contributed by atoms with E-state index in [2.05, 4.69) is 16.2 Å². The van der Waals surface area contributed by atoms with Crippen molar-refractivity contribution in [3.8, 4) is 5.75 Å². The molecule has 2 aromatic rings. The summed E-state index contributed by atoms with van der Waals surface area (Å²) in [5.41, 5.74) is 7.25. The van der Waals surface area contributed by atoms with Gasteiger partial charge < -0.3 is 10.1 Å². The number of carbonyl (C=O) groups excluding carboxylic acids is 3. The first kappa shape index (κ1) is 23.5. The van der Waals surface area contributed by atoms with Crippen molar-refractivity contribution in [3.63, 3.8) is 0 Å². The lowest BCUT2D eigenvalue weighted by atomic mass is 10.1. The summed E-state index contributed by atoms with van der Waals surface area (Å²) >= 11 is 11.8. The van der Waals surface area contributed by atoms with Gasteiger partial charge in [0.2, 0.25) is 11.8 Å². The molecular weight excluding hydrogens is 429 g/mol. The summed E-state index contributed by atoms with van der Waals surface area (Å²) in [7, 11) is 0. The fourth-order valence-corrected chi connectivity index (χ4v) is 2.96. The number of aryl methyl sites for hydroxylation is 2. The molecule has 3 amide bonds. The molecule has 1 atom stereocenters. The van der Waals surface area contributed by atoms with Crippen molar-refractivity contribution in [2.24, 2.45) is 0 Å². The van der Waals surface area contributed by atoms with Gasteiger partial charge in [-0.05, 0) is 50.6 Å². The molecule has 2 aromatic carbocycles. The molecule has 0 radical (unpaired) electrons. The Balaban J connectivity index is 1.74. The summed E-state index contributed by atoms with van der Waals surface area (Å²) in [6.07, 6.45) is -1.03. The van der Waals surface area contributed by atoms with Gasteiger partial charge in [-0.15, -0.1) is 0 Å². The number of carbonyl (C=O) groups is 3. The van der Waals surface area contributed by atoms with Crippen LogP contribution in [0.3, 0.4) is 0 Å². The smallest absolute Gasteiger partial charge is 0.279 e. The van der Waals surface area contributed by atoms with Crippen LogP contribution in [0.5, 0.6) is 5.75 Å². The Hall–Kier alpha value is -2.77. The molecule has 3 N–H and O–H groups in total. The highest BCUT2D eigenvalue weighted by molar-refractivity contribution is 6.35. The van der Waals surface area contributed by atoms with Crippen molar-refractivity contribution in [2.75, 3.05) is 5.32 Å². The lowest BCUT2D eigenvalue weighted by molar-refractivity contribution is -0.133. The second-order valence-corrected chi connectivity index (χ2v) is 7.58. The van der Waals surface area contributed by atoms with Crippen LogP contribution < -0.4 is 20.9 Å². The molecule has 7 nitrogen and oxygen atoms in total. The number of ether oxygens (including phenoxy) is 1. The maximum absolute atomic E-state index is 12.1. The van der Waals surface area contributed by atoms with Gasteiger partial charge in [0, 0.05) is 23.6 Å². The summed E-state index contributed by atoms with van der Waals surface area (Å²) in [5, 5.41) is 3.47. The molecule has 9 heteroatoms. The molecule has 0 saturated heterocycles. The summed E-state index contributed by atoms with van der Waals surface area (Å²) in [4.78, 5) is 36.0. The average Bonchev–Trinajstić information content (AvgIpc) is 2.68. The Bertz CT molecular complexity index is 950. The molecule has 0 saturated carbocycles. The zero-order valence-electron chi connectivity index (χ0n) is 16.8. The van der Waals surface area contributed by atoms with E-state index in [4.69, 9.17) is 27.9 Å². The van der Waals surface area contributed by atoms with Crippen LogP contribution in [-0.2, 0) is 14.4 Å². The Kier molecular flexibility index (Phi) is 8.50. The van der Waals surface area contributed by atoms with Crippen LogP contribution in [0, 0.1) is 13.8 Å². The minimum atomic E-state index is -0.920. The highest BCUT2D eigenvalue weighted by atomic mass is 35.5. The molecule has 0 unspecified atom stereocenters. The summed E-state index contributed by atoms with van der Waals surface area (Å²) < 4.78 is 5.46. The zero-order valence-corrected chi connectivity index (χ0v) is 18.4. The lowest BCUT2D eigenvalue weighted by Crippen LogP contribution is -2.47. The van der Waals surface area contributed by atoms with E-state index in [1.165, 1.54) is 13.0 Å². The van der Waals surface area contributed by atoms with Gasteiger partial charge in [-0.3, -0.25) is 25.2 Å². The standard InChI is InChI=1S/C21H23Cl2N3O4/c1-12-4-6-17(13(2)10-12)24-19(27)8-9-20(28)25-26-21(29)14(3)30-18-7-5-15(22)11-16(18)23/h4-7,10-11,14H,8-9H2,1-3H3,(H,24,27)(H,25,28)(H,26,29)/t14-/m0/s1. The van der Waals surface area contributed by atoms with Gasteiger partial charge in [0.1, 0.15) is 5.75 Å². The van der Waals surface area contributed by atoms with E-state index in [0.717, 1.165) is 11.1 Å². The normalized spacial score (nSPS) is 11.4. The van der Waals surface area contributed by atoms with E-state index in [1.54, 1.807) is 12.1 Å². The number of hydrogen-bond donors (Lipinski definition) is 3. The van der Waals surface area contributed by atoms with E-state index >= 15 is 0 Å². The van der Waals surface area contributed by atoms with E-state index in [1.807, 2.05) is 32.0 Å². The molecule has 0 fully saturated rings. The van der Waals surface area contributed by atoms with Gasteiger partial charge in [0.25, 0.3) is 5.91 Å². The minimum absolute atomic E-state index is 0.0263. The quantitative estimate of drug-likeness (QED) is 0.555. The van der Waals surface area contributed by atoms with Crippen LogP contribution in [0.15, 0.2) is 36.4 Å². The third-order valence-corrected chi connectivity index (χ3v) is 4.66. The van der Waals surface area contributed by atoms with E-state index in [9.17, 15) is 14.4 Å². The highest BCUT2D eigenvalue weighted by Crippen LogP contribution is 2.28. The number of amides is 3. The van der Waals surface area contributed by atoms with E-state index < -0.39 is 17.9 Å². The average molecular weight is 452 g/mol. The molecule has 0 heterocycles. The van der Waals surface area contributed by atoms with Crippen LogP contribution in [0.4, 0.5) is 5.69 Å². The summed E-state index contributed by atoms with van der Waals surface area (Å²) in [6.45, 7) is 5.36. The number of benzene rings is 2. The van der Waals surface area contributed by atoms with Crippen molar-refractivity contribution in [1.82, 2.24) is 10.9 Å². The molecular formula is C21H23Cl2N3O4. The van der Waals surface area contributed by atoms with Crippen LogP contribution >= 0.6 is 23.2 Å². The number of rotatable bonds is 7. The Morgan fingerprint density at radius 2 is 1.67 bits per heavy atom. The van der Waals surface area contributed by atoms with Gasteiger partial charge >= 0.3 is 0 Å². The van der Waals surface area contributed by atoms with Crippen molar-refractivity contribution in [1.29, 1.82) is 0 Å². The summed E-state index contributed by atoms with van der Waals surface area (Å²) in [5.74, 6) is -1.08. The maximum atomic E-state index is 12.1. The van der Waals surface area contributed by atoms with E-state index in [0.29, 0.717) is 10.7 Å². The number of nitrogens with one attached hydrogen (secondary N) is 3. The van der Waals surface area contributed by atoms with Gasteiger partial charge in [0.15, 0.2) is 6.10 Å². The lowest BCUT2D eigenvalue weighted by Gasteiger charge is -2.16. The molecule has 0 spiro atoms.